The number of rotatable bonds is 7. The Kier molecular flexibility index (Phi) is 6.30. The third-order valence-corrected chi connectivity index (χ3v) is 6.17. The van der Waals surface area contributed by atoms with E-state index in [9.17, 15) is 9.59 Å². The number of nitrogens with one attached hydrogen (secondary N) is 1. The van der Waals surface area contributed by atoms with Crippen LogP contribution in [0.2, 0.25) is 0 Å². The van der Waals surface area contributed by atoms with Crippen molar-refractivity contribution in [1.82, 2.24) is 20.0 Å². The molecule has 176 valence electrons. The number of aromatic nitrogens is 2. The summed E-state index contributed by atoms with van der Waals surface area (Å²) in [6.45, 7) is 1.54. The number of methoxy groups -OCH3 is 1. The summed E-state index contributed by atoms with van der Waals surface area (Å²) in [4.78, 5) is 28.2. The number of fused-ring (bicyclic) bond motifs is 1. The first-order valence-corrected chi connectivity index (χ1v) is 11.5. The number of nitrogens with zero attached hydrogens (tertiary/aromatic N) is 3. The van der Waals surface area contributed by atoms with Crippen molar-refractivity contribution >= 4 is 11.8 Å². The summed E-state index contributed by atoms with van der Waals surface area (Å²) in [7, 11) is 1.62. The Bertz CT molecular complexity index is 1280. The van der Waals surface area contributed by atoms with Crippen molar-refractivity contribution in [2.24, 2.45) is 0 Å². The number of benzene rings is 3. The maximum atomic E-state index is 13.2. The Morgan fingerprint density at radius 2 is 1.57 bits per heavy atom. The van der Waals surface area contributed by atoms with E-state index in [1.165, 1.54) is 0 Å². The van der Waals surface area contributed by atoms with Crippen LogP contribution in [-0.4, -0.2) is 40.1 Å². The van der Waals surface area contributed by atoms with Gasteiger partial charge in [0.1, 0.15) is 11.4 Å². The lowest BCUT2D eigenvalue weighted by Crippen LogP contribution is -2.39. The molecule has 1 N–H and O–H groups in total. The smallest absolute Gasteiger partial charge is 0.272 e. The van der Waals surface area contributed by atoms with Crippen molar-refractivity contribution in [1.29, 1.82) is 0 Å². The zero-order valence-corrected chi connectivity index (χ0v) is 19.4. The van der Waals surface area contributed by atoms with Crippen molar-refractivity contribution in [3.8, 4) is 5.75 Å². The highest BCUT2D eigenvalue weighted by atomic mass is 16.5. The number of hydrogen-bond donors (Lipinski definition) is 1. The Morgan fingerprint density at radius 1 is 0.943 bits per heavy atom. The molecule has 3 aromatic carbocycles. The number of ether oxygens (including phenoxy) is 1. The van der Waals surface area contributed by atoms with Gasteiger partial charge in [-0.2, -0.15) is 5.10 Å². The van der Waals surface area contributed by atoms with E-state index >= 15 is 0 Å². The molecule has 7 heteroatoms. The molecule has 0 saturated carbocycles. The van der Waals surface area contributed by atoms with Gasteiger partial charge < -0.3 is 15.0 Å². The molecule has 2 amide bonds. The molecule has 35 heavy (non-hydrogen) atoms. The van der Waals surface area contributed by atoms with Crippen LogP contribution in [0.25, 0.3) is 0 Å². The molecule has 0 saturated heterocycles. The highest BCUT2D eigenvalue weighted by molar-refractivity contribution is 5.98. The first-order chi connectivity index (χ1) is 17.1. The molecule has 0 bridgehead atoms. The van der Waals surface area contributed by atoms with Crippen molar-refractivity contribution in [2.75, 3.05) is 13.7 Å². The maximum Gasteiger partial charge on any atom is 0.272 e. The van der Waals surface area contributed by atoms with E-state index in [1.807, 2.05) is 84.9 Å². The fourth-order valence-corrected chi connectivity index (χ4v) is 4.31. The van der Waals surface area contributed by atoms with Crippen LogP contribution in [0.15, 0.2) is 91.0 Å². The van der Waals surface area contributed by atoms with Crippen LogP contribution in [0.4, 0.5) is 0 Å². The first kappa shape index (κ1) is 22.4. The highest BCUT2D eigenvalue weighted by Gasteiger charge is 2.29. The van der Waals surface area contributed by atoms with Gasteiger partial charge in [-0.15, -0.1) is 0 Å². The third-order valence-electron chi connectivity index (χ3n) is 6.17. The molecular weight excluding hydrogens is 440 g/mol. The molecule has 0 radical (unpaired) electrons. The second-order valence-corrected chi connectivity index (χ2v) is 8.44. The minimum Gasteiger partial charge on any atom is -0.497 e. The Labute approximate surface area is 204 Å². The third kappa shape index (κ3) is 4.80. The standard InChI is InChI=1S/C28H26N4O3/c1-35-23-14-12-20(13-15-23)19-31-16-17-32-25(28(31)34)18-24(30-32)27(33)29-26(21-8-4-2-5-9-21)22-10-6-3-7-11-22/h2-15,18,26H,16-17,19H2,1H3,(H,29,33). The predicted octanol–water partition coefficient (Wildman–Crippen LogP) is 4.07. The van der Waals surface area contributed by atoms with Crippen LogP contribution in [0.5, 0.6) is 5.75 Å². The number of carbonyl (C=O) groups excluding carboxylic acids is 2. The Hall–Kier alpha value is -4.39. The quantitative estimate of drug-likeness (QED) is 0.446. The molecular formula is C28H26N4O3. The summed E-state index contributed by atoms with van der Waals surface area (Å²) in [5, 5.41) is 7.55. The summed E-state index contributed by atoms with van der Waals surface area (Å²) < 4.78 is 6.83. The predicted molar refractivity (Wildman–Crippen MR) is 132 cm³/mol. The van der Waals surface area contributed by atoms with Gasteiger partial charge in [-0.25, -0.2) is 0 Å². The molecule has 0 spiro atoms. The van der Waals surface area contributed by atoms with Crippen molar-refractivity contribution in [2.45, 2.75) is 19.1 Å². The molecule has 0 atom stereocenters. The lowest BCUT2D eigenvalue weighted by Gasteiger charge is -2.27. The lowest BCUT2D eigenvalue weighted by molar-refractivity contribution is 0.0683. The van der Waals surface area contributed by atoms with Gasteiger partial charge in [0.25, 0.3) is 11.8 Å². The van der Waals surface area contributed by atoms with E-state index in [-0.39, 0.29) is 23.6 Å². The van der Waals surface area contributed by atoms with E-state index in [4.69, 9.17) is 4.74 Å². The van der Waals surface area contributed by atoms with Gasteiger partial charge in [-0.3, -0.25) is 14.3 Å². The van der Waals surface area contributed by atoms with Gasteiger partial charge in [0, 0.05) is 19.2 Å². The molecule has 2 heterocycles. The molecule has 0 fully saturated rings. The van der Waals surface area contributed by atoms with E-state index < -0.39 is 0 Å². The topological polar surface area (TPSA) is 76.5 Å². The molecule has 7 nitrogen and oxygen atoms in total. The SMILES string of the molecule is COc1ccc(CN2CCn3nc(C(=O)NC(c4ccccc4)c4ccccc4)cc3C2=O)cc1. The Morgan fingerprint density at radius 3 is 2.17 bits per heavy atom. The second-order valence-electron chi connectivity index (χ2n) is 8.44. The number of carbonyl (C=O) groups is 2. The molecule has 1 aliphatic heterocycles. The molecule has 1 aliphatic rings. The fourth-order valence-electron chi connectivity index (χ4n) is 4.31. The summed E-state index contributed by atoms with van der Waals surface area (Å²) in [6, 6.07) is 28.5. The largest absolute Gasteiger partial charge is 0.497 e. The number of hydrogen-bond acceptors (Lipinski definition) is 4. The normalized spacial score (nSPS) is 13.0. The van der Waals surface area contributed by atoms with E-state index in [0.29, 0.717) is 25.3 Å². The van der Waals surface area contributed by atoms with Crippen LogP contribution in [0.1, 0.15) is 43.7 Å². The Balaban J connectivity index is 1.34. The second kappa shape index (κ2) is 9.85. The van der Waals surface area contributed by atoms with Crippen LogP contribution in [0.3, 0.4) is 0 Å². The van der Waals surface area contributed by atoms with Crippen LogP contribution in [0, 0.1) is 0 Å². The summed E-state index contributed by atoms with van der Waals surface area (Å²) >= 11 is 0. The van der Waals surface area contributed by atoms with E-state index in [0.717, 1.165) is 22.4 Å². The molecule has 0 aliphatic carbocycles. The van der Waals surface area contributed by atoms with Gasteiger partial charge >= 0.3 is 0 Å². The molecule has 4 aromatic rings. The van der Waals surface area contributed by atoms with Gasteiger partial charge in [-0.1, -0.05) is 72.8 Å². The van der Waals surface area contributed by atoms with Gasteiger partial charge in [-0.05, 0) is 28.8 Å². The van der Waals surface area contributed by atoms with Crippen LogP contribution >= 0.6 is 0 Å². The molecule has 5 rings (SSSR count). The first-order valence-electron chi connectivity index (χ1n) is 11.5. The average Bonchev–Trinajstić information content (AvgIpc) is 3.36. The zero-order valence-electron chi connectivity index (χ0n) is 19.4. The van der Waals surface area contributed by atoms with Crippen molar-refractivity contribution in [3.63, 3.8) is 0 Å². The highest BCUT2D eigenvalue weighted by Crippen LogP contribution is 2.23. The van der Waals surface area contributed by atoms with Crippen LogP contribution in [-0.2, 0) is 13.1 Å². The number of amides is 2. The van der Waals surface area contributed by atoms with Crippen molar-refractivity contribution < 1.29 is 14.3 Å². The molecule has 1 aromatic heterocycles. The lowest BCUT2D eigenvalue weighted by atomic mass is 9.98. The van der Waals surface area contributed by atoms with Gasteiger partial charge in [0.2, 0.25) is 0 Å². The fraction of sp³-hybridized carbons (Fsp3) is 0.179. The maximum absolute atomic E-state index is 13.2. The zero-order chi connectivity index (χ0) is 24.2. The minimum atomic E-state index is -0.328. The average molecular weight is 467 g/mol. The van der Waals surface area contributed by atoms with Gasteiger partial charge in [0.05, 0.1) is 19.7 Å². The van der Waals surface area contributed by atoms with Crippen molar-refractivity contribution in [3.05, 3.63) is 119 Å². The summed E-state index contributed by atoms with van der Waals surface area (Å²) in [5.74, 6) is 0.317. The van der Waals surface area contributed by atoms with E-state index in [2.05, 4.69) is 10.4 Å². The summed E-state index contributed by atoms with van der Waals surface area (Å²) in [6.07, 6.45) is 0. The monoisotopic (exact) mass is 466 g/mol. The van der Waals surface area contributed by atoms with Gasteiger partial charge in [0.15, 0.2) is 5.69 Å². The molecule has 0 unspecified atom stereocenters. The minimum absolute atomic E-state index is 0.138. The summed E-state index contributed by atoms with van der Waals surface area (Å²) in [5.41, 5.74) is 3.61. The van der Waals surface area contributed by atoms with Crippen LogP contribution < -0.4 is 10.1 Å². The van der Waals surface area contributed by atoms with E-state index in [1.54, 1.807) is 22.8 Å².